The first kappa shape index (κ1) is 14.3. The maximum atomic E-state index is 11.5. The number of rotatable bonds is 1. The van der Waals surface area contributed by atoms with Gasteiger partial charge in [-0.15, -0.1) is 0 Å². The van der Waals surface area contributed by atoms with Crippen molar-refractivity contribution in [1.82, 2.24) is 9.78 Å². The number of carbonyl (C=O) groups excluding carboxylic acids is 1. The summed E-state index contributed by atoms with van der Waals surface area (Å²) in [6.07, 6.45) is 1.69. The van der Waals surface area contributed by atoms with Crippen molar-refractivity contribution in [2.45, 2.75) is 45.8 Å². The summed E-state index contributed by atoms with van der Waals surface area (Å²) in [5.41, 5.74) is 0.999. The molecule has 0 atom stereocenters. The Balaban J connectivity index is 1.98. The fourth-order valence-corrected chi connectivity index (χ4v) is 2.43. The molecule has 0 spiro atoms. The molecule has 110 valence electrons. The molecule has 0 unspecified atom stereocenters. The third kappa shape index (κ3) is 2.19. The first-order valence-corrected chi connectivity index (χ1v) is 7.05. The second-order valence-electron chi connectivity index (χ2n) is 6.48. The molecule has 0 aliphatic carbocycles. The molecule has 1 saturated heterocycles. The molecule has 1 aliphatic heterocycles. The third-order valence-electron chi connectivity index (χ3n) is 4.42. The van der Waals surface area contributed by atoms with Crippen molar-refractivity contribution >= 4 is 29.4 Å². The largest absolute Gasteiger partial charge is 0.494 e. The van der Waals surface area contributed by atoms with Crippen molar-refractivity contribution in [3.05, 3.63) is 24.4 Å². The Morgan fingerprint density at radius 3 is 2.38 bits per heavy atom. The quantitative estimate of drug-likeness (QED) is 0.752. The summed E-state index contributed by atoms with van der Waals surface area (Å²) in [4.78, 5) is 11.5. The normalized spacial score (nSPS) is 20.1. The van der Waals surface area contributed by atoms with Gasteiger partial charge in [0.25, 0.3) is 0 Å². The molecule has 0 N–H and O–H groups in total. The van der Waals surface area contributed by atoms with Crippen LogP contribution in [-0.4, -0.2) is 34.0 Å². The van der Waals surface area contributed by atoms with Crippen molar-refractivity contribution < 1.29 is 14.1 Å². The zero-order valence-corrected chi connectivity index (χ0v) is 13.0. The van der Waals surface area contributed by atoms with Crippen LogP contribution in [0.3, 0.4) is 0 Å². The maximum Gasteiger partial charge on any atom is 0.494 e. The van der Waals surface area contributed by atoms with Gasteiger partial charge in [0.2, 0.25) is 5.91 Å². The molecule has 2 aromatic rings. The van der Waals surface area contributed by atoms with Crippen LogP contribution >= 0.6 is 0 Å². The molecule has 1 aromatic carbocycles. The predicted octanol–water partition coefficient (Wildman–Crippen LogP) is 2.00. The Hall–Kier alpha value is -1.66. The molecule has 0 radical (unpaired) electrons. The van der Waals surface area contributed by atoms with Crippen LogP contribution in [0.15, 0.2) is 24.4 Å². The molecule has 0 bridgehead atoms. The van der Waals surface area contributed by atoms with Gasteiger partial charge in [-0.05, 0) is 39.2 Å². The Kier molecular flexibility index (Phi) is 3.01. The van der Waals surface area contributed by atoms with E-state index in [9.17, 15) is 4.79 Å². The highest BCUT2D eigenvalue weighted by Gasteiger charge is 2.51. The fraction of sp³-hybridized carbons (Fsp3) is 0.467. The molecule has 0 amide bonds. The van der Waals surface area contributed by atoms with Gasteiger partial charge in [-0.3, -0.25) is 4.79 Å². The maximum absolute atomic E-state index is 11.5. The van der Waals surface area contributed by atoms with Gasteiger partial charge in [0.05, 0.1) is 22.9 Å². The van der Waals surface area contributed by atoms with Crippen molar-refractivity contribution in [2.75, 3.05) is 0 Å². The molecular formula is C15H19BN2O3. The number of nitrogens with zero attached hydrogens (tertiary/aromatic N) is 2. The lowest BCUT2D eigenvalue weighted by Gasteiger charge is -2.32. The summed E-state index contributed by atoms with van der Waals surface area (Å²) in [7, 11) is -0.403. The number of aromatic nitrogens is 2. The minimum absolute atomic E-state index is 0.103. The number of benzene rings is 1. The van der Waals surface area contributed by atoms with Gasteiger partial charge in [0.15, 0.2) is 0 Å². The highest BCUT2D eigenvalue weighted by Crippen LogP contribution is 2.36. The summed E-state index contributed by atoms with van der Waals surface area (Å²) in [5.74, 6) is -0.103. The lowest BCUT2D eigenvalue weighted by atomic mass is 9.79. The Morgan fingerprint density at radius 1 is 1.19 bits per heavy atom. The molecular weight excluding hydrogens is 267 g/mol. The zero-order valence-electron chi connectivity index (χ0n) is 13.0. The molecule has 21 heavy (non-hydrogen) atoms. The van der Waals surface area contributed by atoms with E-state index in [0.29, 0.717) is 0 Å². The van der Waals surface area contributed by atoms with E-state index in [1.54, 1.807) is 6.20 Å². The highest BCUT2D eigenvalue weighted by atomic mass is 16.7. The van der Waals surface area contributed by atoms with Crippen molar-refractivity contribution in [3.63, 3.8) is 0 Å². The lowest BCUT2D eigenvalue weighted by molar-refractivity contribution is 0.00578. The Labute approximate surface area is 124 Å². The van der Waals surface area contributed by atoms with Crippen LogP contribution in [0.4, 0.5) is 0 Å². The minimum atomic E-state index is -0.403. The SMILES string of the molecule is CC(=O)n1ncc2cc(B3OC(C)(C)C(C)(C)O3)ccc21. The van der Waals surface area contributed by atoms with Crippen LogP contribution in [0, 0.1) is 0 Å². The van der Waals surface area contributed by atoms with Crippen molar-refractivity contribution in [1.29, 1.82) is 0 Å². The van der Waals surface area contributed by atoms with Crippen LogP contribution in [0.25, 0.3) is 10.9 Å². The molecule has 1 aromatic heterocycles. The summed E-state index contributed by atoms with van der Waals surface area (Å²) < 4.78 is 13.5. The number of carbonyl (C=O) groups is 1. The Morgan fingerprint density at radius 2 is 1.81 bits per heavy atom. The third-order valence-corrected chi connectivity index (χ3v) is 4.42. The van der Waals surface area contributed by atoms with Gasteiger partial charge in [-0.1, -0.05) is 12.1 Å². The topological polar surface area (TPSA) is 53.4 Å². The van der Waals surface area contributed by atoms with E-state index >= 15 is 0 Å². The van der Waals surface area contributed by atoms with Gasteiger partial charge in [0, 0.05) is 12.3 Å². The van der Waals surface area contributed by atoms with Gasteiger partial charge in [-0.25, -0.2) is 4.68 Å². The monoisotopic (exact) mass is 286 g/mol. The fourth-order valence-electron chi connectivity index (χ4n) is 2.43. The Bertz CT molecular complexity index is 705. The zero-order chi connectivity index (χ0) is 15.4. The van der Waals surface area contributed by atoms with Crippen LogP contribution in [-0.2, 0) is 9.31 Å². The molecule has 0 saturated carbocycles. The van der Waals surface area contributed by atoms with E-state index in [2.05, 4.69) is 5.10 Å². The first-order chi connectivity index (χ1) is 9.71. The first-order valence-electron chi connectivity index (χ1n) is 7.05. The molecule has 2 heterocycles. The van der Waals surface area contributed by atoms with Gasteiger partial charge in [0.1, 0.15) is 0 Å². The predicted molar refractivity (Wildman–Crippen MR) is 81.7 cm³/mol. The van der Waals surface area contributed by atoms with Crippen LogP contribution in [0.2, 0.25) is 0 Å². The summed E-state index contributed by atoms with van der Waals surface area (Å²) in [5, 5.41) is 5.01. The summed E-state index contributed by atoms with van der Waals surface area (Å²) in [6.45, 7) is 9.60. The van der Waals surface area contributed by atoms with E-state index in [-0.39, 0.29) is 17.1 Å². The van der Waals surface area contributed by atoms with E-state index in [0.717, 1.165) is 16.4 Å². The summed E-state index contributed by atoms with van der Waals surface area (Å²) >= 11 is 0. The molecule has 1 fully saturated rings. The van der Waals surface area contributed by atoms with Crippen LogP contribution in [0.5, 0.6) is 0 Å². The van der Waals surface area contributed by atoms with Gasteiger partial charge < -0.3 is 9.31 Å². The lowest BCUT2D eigenvalue weighted by Crippen LogP contribution is -2.41. The number of hydrogen-bond acceptors (Lipinski definition) is 4. The minimum Gasteiger partial charge on any atom is -0.399 e. The molecule has 6 heteroatoms. The van der Waals surface area contributed by atoms with E-state index in [1.165, 1.54) is 11.6 Å². The number of hydrogen-bond donors (Lipinski definition) is 0. The van der Waals surface area contributed by atoms with Crippen molar-refractivity contribution in [2.24, 2.45) is 0 Å². The van der Waals surface area contributed by atoms with E-state index < -0.39 is 7.12 Å². The van der Waals surface area contributed by atoms with Crippen LogP contribution < -0.4 is 5.46 Å². The average Bonchev–Trinajstić information content (AvgIpc) is 2.87. The summed E-state index contributed by atoms with van der Waals surface area (Å²) in [6, 6.07) is 5.76. The molecule has 5 nitrogen and oxygen atoms in total. The van der Waals surface area contributed by atoms with Gasteiger partial charge >= 0.3 is 7.12 Å². The standard InChI is InChI=1S/C15H19BN2O3/c1-10(19)18-13-7-6-12(8-11(13)9-17-18)16-20-14(2,3)15(4,5)21-16/h6-9H,1-5H3. The van der Waals surface area contributed by atoms with E-state index in [1.807, 2.05) is 45.9 Å². The van der Waals surface area contributed by atoms with Crippen molar-refractivity contribution in [3.8, 4) is 0 Å². The van der Waals surface area contributed by atoms with Gasteiger partial charge in [-0.2, -0.15) is 5.10 Å². The molecule has 1 aliphatic rings. The smallest absolute Gasteiger partial charge is 0.399 e. The van der Waals surface area contributed by atoms with E-state index in [4.69, 9.17) is 9.31 Å². The highest BCUT2D eigenvalue weighted by molar-refractivity contribution is 6.62. The second-order valence-corrected chi connectivity index (χ2v) is 6.48. The molecule has 3 rings (SSSR count). The number of fused-ring (bicyclic) bond motifs is 1. The van der Waals surface area contributed by atoms with Crippen LogP contribution in [0.1, 0.15) is 39.4 Å². The second kappa shape index (κ2) is 4.42. The average molecular weight is 286 g/mol.